The lowest BCUT2D eigenvalue weighted by molar-refractivity contribution is 0.207. The molecule has 2 atom stereocenters. The van der Waals surface area contributed by atoms with Gasteiger partial charge in [-0.25, -0.2) is 0 Å². The molecule has 3 nitrogen and oxygen atoms in total. The predicted octanol–water partition coefficient (Wildman–Crippen LogP) is 5.87. The second-order valence-corrected chi connectivity index (χ2v) is 6.33. The molecule has 0 aromatic heterocycles. The predicted molar refractivity (Wildman–Crippen MR) is 106 cm³/mol. The van der Waals surface area contributed by atoms with Crippen LogP contribution in [-0.2, 0) is 0 Å². The maximum atomic E-state index is 6.31. The van der Waals surface area contributed by atoms with Crippen molar-refractivity contribution in [1.82, 2.24) is 0 Å². The maximum Gasteiger partial charge on any atom is 0.123 e. The third-order valence-corrected chi connectivity index (χ3v) is 4.51. The summed E-state index contributed by atoms with van der Waals surface area (Å²) < 4.78 is 11.8. The minimum absolute atomic E-state index is 0.136. The van der Waals surface area contributed by atoms with Crippen LogP contribution in [0, 0.1) is 0 Å². The van der Waals surface area contributed by atoms with Gasteiger partial charge in [-0.3, -0.25) is 0 Å². The molecule has 0 heterocycles. The average Bonchev–Trinajstić information content (AvgIpc) is 2.66. The van der Waals surface area contributed by atoms with Gasteiger partial charge in [-0.15, -0.1) is 0 Å². The van der Waals surface area contributed by atoms with E-state index in [4.69, 9.17) is 9.47 Å². The summed E-state index contributed by atoms with van der Waals surface area (Å²) in [6.07, 6.45) is 2.21. The summed E-state index contributed by atoms with van der Waals surface area (Å²) in [5.74, 6) is 2.42. The van der Waals surface area contributed by atoms with Gasteiger partial charge < -0.3 is 14.8 Å². The first-order valence-corrected chi connectivity index (χ1v) is 9.40. The minimum atomic E-state index is 0.136. The van der Waals surface area contributed by atoms with Crippen LogP contribution in [0.2, 0.25) is 0 Å². The van der Waals surface area contributed by atoms with Crippen LogP contribution in [0.1, 0.15) is 52.0 Å². The molecular weight excluding hydrogens is 310 g/mol. The molecule has 3 heteroatoms. The standard InChI is InChI=1S/C22H31NO2/c1-5-17(4)21-10-8-9-11-22(21)25-19(6-2)16-23-18-12-14-20(15-13-18)24-7-3/h8-15,17,19,23H,5-7,16H2,1-4H3/t17-,19+/m1/s1. The molecule has 1 N–H and O–H groups in total. The van der Waals surface area contributed by atoms with Gasteiger partial charge >= 0.3 is 0 Å². The zero-order valence-electron chi connectivity index (χ0n) is 15.9. The van der Waals surface area contributed by atoms with Crippen molar-refractivity contribution < 1.29 is 9.47 Å². The Kier molecular flexibility index (Phi) is 7.65. The van der Waals surface area contributed by atoms with Crippen molar-refractivity contribution in [2.24, 2.45) is 0 Å². The van der Waals surface area contributed by atoms with Crippen molar-refractivity contribution >= 4 is 5.69 Å². The van der Waals surface area contributed by atoms with E-state index in [0.29, 0.717) is 12.5 Å². The highest BCUT2D eigenvalue weighted by Crippen LogP contribution is 2.29. The molecule has 2 rings (SSSR count). The molecule has 0 radical (unpaired) electrons. The Bertz CT molecular complexity index is 624. The van der Waals surface area contributed by atoms with E-state index in [-0.39, 0.29) is 6.10 Å². The summed E-state index contributed by atoms with van der Waals surface area (Å²) in [5, 5.41) is 3.47. The van der Waals surface area contributed by atoms with Crippen LogP contribution < -0.4 is 14.8 Å². The van der Waals surface area contributed by atoms with E-state index in [1.165, 1.54) is 5.56 Å². The fourth-order valence-electron chi connectivity index (χ4n) is 2.73. The Morgan fingerprint density at radius 3 is 2.28 bits per heavy atom. The topological polar surface area (TPSA) is 30.5 Å². The lowest BCUT2D eigenvalue weighted by Gasteiger charge is -2.22. The summed E-state index contributed by atoms with van der Waals surface area (Å²) in [5.41, 5.74) is 2.38. The molecule has 0 fully saturated rings. The van der Waals surface area contributed by atoms with E-state index in [1.807, 2.05) is 37.3 Å². The van der Waals surface area contributed by atoms with E-state index in [9.17, 15) is 0 Å². The number of rotatable bonds is 10. The fraction of sp³-hybridized carbons (Fsp3) is 0.455. The van der Waals surface area contributed by atoms with Gasteiger partial charge in [-0.1, -0.05) is 39.0 Å². The average molecular weight is 341 g/mol. The fourth-order valence-corrected chi connectivity index (χ4v) is 2.73. The summed E-state index contributed by atoms with van der Waals surface area (Å²) >= 11 is 0. The van der Waals surface area contributed by atoms with Crippen LogP contribution in [0.5, 0.6) is 11.5 Å². The Hall–Kier alpha value is -2.16. The zero-order chi connectivity index (χ0) is 18.1. The Labute approximate surface area is 152 Å². The first-order chi connectivity index (χ1) is 12.2. The third kappa shape index (κ3) is 5.70. The monoisotopic (exact) mass is 341 g/mol. The quantitative estimate of drug-likeness (QED) is 0.586. The number of hydrogen-bond donors (Lipinski definition) is 1. The van der Waals surface area contributed by atoms with E-state index in [0.717, 1.165) is 36.6 Å². The highest BCUT2D eigenvalue weighted by Gasteiger charge is 2.14. The summed E-state index contributed by atoms with van der Waals surface area (Å²) in [6.45, 7) is 10.1. The molecule has 0 unspecified atom stereocenters. The van der Waals surface area contributed by atoms with Crippen molar-refractivity contribution in [3.63, 3.8) is 0 Å². The summed E-state index contributed by atoms with van der Waals surface area (Å²) in [7, 11) is 0. The lowest BCUT2D eigenvalue weighted by Crippen LogP contribution is -2.26. The van der Waals surface area contributed by atoms with Crippen LogP contribution in [0.3, 0.4) is 0 Å². The normalized spacial score (nSPS) is 13.1. The summed E-state index contributed by atoms with van der Waals surface area (Å²) in [6, 6.07) is 16.5. The van der Waals surface area contributed by atoms with Gasteiger partial charge in [0.25, 0.3) is 0 Å². The third-order valence-electron chi connectivity index (χ3n) is 4.51. The number of para-hydroxylation sites is 1. The molecule has 0 spiro atoms. The van der Waals surface area contributed by atoms with Crippen molar-refractivity contribution in [2.45, 2.75) is 52.6 Å². The van der Waals surface area contributed by atoms with E-state index in [1.54, 1.807) is 0 Å². The van der Waals surface area contributed by atoms with E-state index < -0.39 is 0 Å². The second kappa shape index (κ2) is 9.97. The molecule has 0 aliphatic carbocycles. The molecule has 0 saturated carbocycles. The van der Waals surface area contributed by atoms with Crippen LogP contribution >= 0.6 is 0 Å². The van der Waals surface area contributed by atoms with Gasteiger partial charge in [-0.2, -0.15) is 0 Å². The molecule has 0 aliphatic rings. The van der Waals surface area contributed by atoms with Gasteiger partial charge in [-0.05, 0) is 61.6 Å². The smallest absolute Gasteiger partial charge is 0.123 e. The number of ether oxygens (including phenoxy) is 2. The van der Waals surface area contributed by atoms with Gasteiger partial charge in [0.2, 0.25) is 0 Å². The molecule has 0 amide bonds. The number of nitrogens with one attached hydrogen (secondary N) is 1. The minimum Gasteiger partial charge on any atom is -0.494 e. The summed E-state index contributed by atoms with van der Waals surface area (Å²) in [4.78, 5) is 0. The van der Waals surface area contributed by atoms with Crippen LogP contribution in [0.4, 0.5) is 5.69 Å². The van der Waals surface area contributed by atoms with E-state index >= 15 is 0 Å². The Morgan fingerprint density at radius 1 is 0.920 bits per heavy atom. The first kappa shape index (κ1) is 19.2. The van der Waals surface area contributed by atoms with Crippen LogP contribution in [-0.4, -0.2) is 19.3 Å². The lowest BCUT2D eigenvalue weighted by atomic mass is 9.98. The molecule has 2 aromatic carbocycles. The first-order valence-electron chi connectivity index (χ1n) is 9.40. The van der Waals surface area contributed by atoms with Crippen molar-refractivity contribution in [3.8, 4) is 11.5 Å². The van der Waals surface area contributed by atoms with Crippen molar-refractivity contribution in [3.05, 3.63) is 54.1 Å². The maximum absolute atomic E-state index is 6.31. The Morgan fingerprint density at radius 2 is 1.64 bits per heavy atom. The van der Waals surface area contributed by atoms with Gasteiger partial charge in [0, 0.05) is 5.69 Å². The number of anilines is 1. The van der Waals surface area contributed by atoms with Crippen LogP contribution in [0.25, 0.3) is 0 Å². The Balaban J connectivity index is 1.96. The highest BCUT2D eigenvalue weighted by molar-refractivity contribution is 5.46. The van der Waals surface area contributed by atoms with Gasteiger partial charge in [0.05, 0.1) is 13.2 Å². The second-order valence-electron chi connectivity index (χ2n) is 6.33. The SMILES string of the molecule is CCOc1ccc(NC[C@H](CC)Oc2ccccc2[C@H](C)CC)cc1. The molecule has 0 aliphatic heterocycles. The largest absolute Gasteiger partial charge is 0.494 e. The highest BCUT2D eigenvalue weighted by atomic mass is 16.5. The zero-order valence-corrected chi connectivity index (χ0v) is 15.9. The van der Waals surface area contributed by atoms with Gasteiger partial charge in [0.1, 0.15) is 17.6 Å². The van der Waals surface area contributed by atoms with Crippen LogP contribution in [0.15, 0.2) is 48.5 Å². The molecular formula is C22H31NO2. The number of hydrogen-bond acceptors (Lipinski definition) is 3. The molecule has 2 aromatic rings. The molecule has 0 bridgehead atoms. The van der Waals surface area contributed by atoms with Crippen molar-refractivity contribution in [1.29, 1.82) is 0 Å². The van der Waals surface area contributed by atoms with Gasteiger partial charge in [0.15, 0.2) is 0 Å². The number of benzene rings is 2. The van der Waals surface area contributed by atoms with E-state index in [2.05, 4.69) is 44.3 Å². The molecule has 25 heavy (non-hydrogen) atoms. The molecule has 136 valence electrons. The molecule has 0 saturated heterocycles. The van der Waals surface area contributed by atoms with Crippen molar-refractivity contribution in [2.75, 3.05) is 18.5 Å².